The third kappa shape index (κ3) is 3.74. The van der Waals surface area contributed by atoms with Crippen molar-refractivity contribution in [2.45, 2.75) is 36.2 Å². The van der Waals surface area contributed by atoms with Gasteiger partial charge in [0.05, 0.1) is 12.1 Å². The normalized spacial score (nSPS) is 18.9. The highest BCUT2D eigenvalue weighted by atomic mass is 32.2. The molecular weight excluding hydrogens is 276 g/mol. The predicted octanol–water partition coefficient (Wildman–Crippen LogP) is 1.53. The Labute approximate surface area is 121 Å². The van der Waals surface area contributed by atoms with Crippen LogP contribution in [0, 0.1) is 0 Å². The van der Waals surface area contributed by atoms with E-state index in [1.54, 1.807) is 11.8 Å². The number of hydrogen-bond donors (Lipinski definition) is 3. The Balaban J connectivity index is 1.97. The van der Waals surface area contributed by atoms with Gasteiger partial charge in [-0.3, -0.25) is 9.59 Å². The summed E-state index contributed by atoms with van der Waals surface area (Å²) >= 11 is 1.78. The molecule has 2 unspecified atom stereocenters. The van der Waals surface area contributed by atoms with E-state index in [2.05, 4.69) is 5.32 Å². The average molecular weight is 294 g/mol. The van der Waals surface area contributed by atoms with Crippen LogP contribution in [-0.2, 0) is 9.59 Å². The topological polar surface area (TPSA) is 92.4 Å². The van der Waals surface area contributed by atoms with Crippen molar-refractivity contribution in [3.63, 3.8) is 0 Å². The Kier molecular flexibility index (Phi) is 5.03. The highest BCUT2D eigenvalue weighted by molar-refractivity contribution is 7.99. The molecule has 1 amide bonds. The molecule has 1 aliphatic rings. The van der Waals surface area contributed by atoms with Crippen molar-refractivity contribution >= 4 is 23.6 Å². The molecule has 0 saturated carbocycles. The molecule has 4 N–H and O–H groups in total. The molecule has 20 heavy (non-hydrogen) atoms. The van der Waals surface area contributed by atoms with Crippen molar-refractivity contribution in [3.8, 4) is 0 Å². The van der Waals surface area contributed by atoms with Crippen molar-refractivity contribution in [3.05, 3.63) is 29.8 Å². The molecule has 0 radical (unpaired) electrons. The van der Waals surface area contributed by atoms with Gasteiger partial charge in [-0.2, -0.15) is 0 Å². The minimum atomic E-state index is -0.937. The molecule has 0 aliphatic carbocycles. The molecule has 1 aromatic carbocycles. The lowest BCUT2D eigenvalue weighted by Crippen LogP contribution is -2.43. The number of rotatable bonds is 5. The largest absolute Gasteiger partial charge is 0.481 e. The molecule has 0 bridgehead atoms. The highest BCUT2D eigenvalue weighted by Gasteiger charge is 2.24. The third-order valence-corrected chi connectivity index (χ3v) is 4.40. The van der Waals surface area contributed by atoms with Gasteiger partial charge in [0.1, 0.15) is 0 Å². The fraction of sp³-hybridized carbons (Fsp3) is 0.429. The Bertz CT molecular complexity index is 507. The van der Waals surface area contributed by atoms with Crippen LogP contribution in [0.3, 0.4) is 0 Å². The summed E-state index contributed by atoms with van der Waals surface area (Å²) in [6.45, 7) is 0. The number of fused-ring (bicyclic) bond motifs is 1. The van der Waals surface area contributed by atoms with Crippen LogP contribution in [0.4, 0.5) is 0 Å². The van der Waals surface area contributed by atoms with E-state index in [4.69, 9.17) is 10.8 Å². The predicted molar refractivity (Wildman–Crippen MR) is 77.5 cm³/mol. The molecule has 0 spiro atoms. The minimum Gasteiger partial charge on any atom is -0.481 e. The van der Waals surface area contributed by atoms with Gasteiger partial charge in [0, 0.05) is 17.1 Å². The average Bonchev–Trinajstić information content (AvgIpc) is 2.45. The molecular formula is C14H18N2O3S. The van der Waals surface area contributed by atoms with E-state index in [-0.39, 0.29) is 24.8 Å². The number of benzene rings is 1. The van der Waals surface area contributed by atoms with E-state index in [0.717, 1.165) is 17.7 Å². The summed E-state index contributed by atoms with van der Waals surface area (Å²) in [4.78, 5) is 23.7. The first-order chi connectivity index (χ1) is 9.58. The molecule has 1 aliphatic heterocycles. The van der Waals surface area contributed by atoms with E-state index >= 15 is 0 Å². The SMILES string of the molecule is NC(CCC(=O)O)C(=O)NC1CCSc2ccccc21. The maximum absolute atomic E-state index is 12.0. The second kappa shape index (κ2) is 6.76. The van der Waals surface area contributed by atoms with Crippen molar-refractivity contribution in [2.24, 2.45) is 5.73 Å². The number of nitrogens with two attached hydrogens (primary N) is 1. The summed E-state index contributed by atoms with van der Waals surface area (Å²) in [5.41, 5.74) is 6.84. The first-order valence-corrected chi connectivity index (χ1v) is 7.56. The Morgan fingerprint density at radius 1 is 1.45 bits per heavy atom. The molecule has 0 saturated heterocycles. The number of aliphatic carboxylic acids is 1. The number of hydrogen-bond acceptors (Lipinski definition) is 4. The van der Waals surface area contributed by atoms with Gasteiger partial charge in [-0.05, 0) is 24.5 Å². The summed E-state index contributed by atoms with van der Waals surface area (Å²) in [5, 5.41) is 11.5. The van der Waals surface area contributed by atoms with Gasteiger partial charge in [0.25, 0.3) is 0 Å². The van der Waals surface area contributed by atoms with E-state index in [0.29, 0.717) is 0 Å². The number of carbonyl (C=O) groups excluding carboxylic acids is 1. The molecule has 1 heterocycles. The van der Waals surface area contributed by atoms with Gasteiger partial charge in [-0.15, -0.1) is 11.8 Å². The van der Waals surface area contributed by atoms with Crippen LogP contribution in [0.25, 0.3) is 0 Å². The van der Waals surface area contributed by atoms with Crippen molar-refractivity contribution in [1.82, 2.24) is 5.32 Å². The minimum absolute atomic E-state index is 0.0316. The summed E-state index contributed by atoms with van der Waals surface area (Å²) in [6.07, 6.45) is 0.926. The maximum atomic E-state index is 12.0. The molecule has 0 aromatic heterocycles. The first-order valence-electron chi connectivity index (χ1n) is 6.57. The molecule has 5 nitrogen and oxygen atoms in total. The summed E-state index contributed by atoms with van der Waals surface area (Å²) in [7, 11) is 0. The van der Waals surface area contributed by atoms with Gasteiger partial charge in [0.15, 0.2) is 0 Å². The van der Waals surface area contributed by atoms with Crippen LogP contribution >= 0.6 is 11.8 Å². The zero-order valence-corrected chi connectivity index (χ0v) is 11.9. The van der Waals surface area contributed by atoms with Gasteiger partial charge in [-0.1, -0.05) is 18.2 Å². The number of carboxylic acid groups (broad SMARTS) is 1. The van der Waals surface area contributed by atoms with E-state index in [9.17, 15) is 9.59 Å². The number of nitrogens with one attached hydrogen (secondary N) is 1. The number of thioether (sulfide) groups is 1. The Morgan fingerprint density at radius 2 is 2.20 bits per heavy atom. The van der Waals surface area contributed by atoms with Gasteiger partial charge >= 0.3 is 5.97 Å². The van der Waals surface area contributed by atoms with Gasteiger partial charge < -0.3 is 16.2 Å². The molecule has 108 valence electrons. The summed E-state index contributed by atoms with van der Waals surface area (Å²) in [6, 6.07) is 7.18. The number of amides is 1. The Morgan fingerprint density at radius 3 is 2.95 bits per heavy atom. The second-order valence-corrected chi connectivity index (χ2v) is 5.91. The number of carboxylic acids is 1. The smallest absolute Gasteiger partial charge is 0.303 e. The van der Waals surface area contributed by atoms with E-state index < -0.39 is 12.0 Å². The number of carbonyl (C=O) groups is 2. The zero-order valence-electron chi connectivity index (χ0n) is 11.0. The lowest BCUT2D eigenvalue weighted by Gasteiger charge is -2.27. The Hall–Kier alpha value is -1.53. The van der Waals surface area contributed by atoms with Crippen LogP contribution < -0.4 is 11.1 Å². The lowest BCUT2D eigenvalue weighted by atomic mass is 10.0. The van der Waals surface area contributed by atoms with Crippen molar-refractivity contribution in [1.29, 1.82) is 0 Å². The van der Waals surface area contributed by atoms with Crippen molar-refractivity contribution in [2.75, 3.05) is 5.75 Å². The second-order valence-electron chi connectivity index (χ2n) is 4.78. The summed E-state index contributed by atoms with van der Waals surface area (Å²) < 4.78 is 0. The standard InChI is InChI=1S/C14H18N2O3S/c15-10(5-6-13(17)18)14(19)16-11-7-8-20-12-4-2-1-3-9(11)12/h1-4,10-11H,5-8,15H2,(H,16,19)(H,17,18). The monoisotopic (exact) mass is 294 g/mol. The third-order valence-electron chi connectivity index (χ3n) is 3.28. The molecule has 2 rings (SSSR count). The van der Waals surface area contributed by atoms with Crippen LogP contribution in [0.2, 0.25) is 0 Å². The lowest BCUT2D eigenvalue weighted by molar-refractivity contribution is -0.137. The molecule has 2 atom stereocenters. The van der Waals surface area contributed by atoms with Crippen LogP contribution in [0.15, 0.2) is 29.2 Å². The van der Waals surface area contributed by atoms with Gasteiger partial charge in [-0.25, -0.2) is 0 Å². The fourth-order valence-electron chi connectivity index (χ4n) is 2.18. The van der Waals surface area contributed by atoms with Crippen LogP contribution in [-0.4, -0.2) is 28.8 Å². The highest BCUT2D eigenvalue weighted by Crippen LogP contribution is 2.35. The van der Waals surface area contributed by atoms with Crippen LogP contribution in [0.5, 0.6) is 0 Å². The van der Waals surface area contributed by atoms with E-state index in [1.165, 1.54) is 4.90 Å². The zero-order chi connectivity index (χ0) is 14.5. The quantitative estimate of drug-likeness (QED) is 0.766. The molecule has 1 aromatic rings. The van der Waals surface area contributed by atoms with Crippen LogP contribution in [0.1, 0.15) is 30.9 Å². The fourth-order valence-corrected chi connectivity index (χ4v) is 3.31. The first kappa shape index (κ1) is 14.9. The maximum Gasteiger partial charge on any atom is 0.303 e. The molecule has 0 fully saturated rings. The van der Waals surface area contributed by atoms with Gasteiger partial charge in [0.2, 0.25) is 5.91 Å². The van der Waals surface area contributed by atoms with E-state index in [1.807, 2.05) is 24.3 Å². The van der Waals surface area contributed by atoms with Crippen molar-refractivity contribution < 1.29 is 14.7 Å². The molecule has 6 heteroatoms. The summed E-state index contributed by atoms with van der Waals surface area (Å²) in [5.74, 6) is -0.266.